The fourth-order valence-electron chi connectivity index (χ4n) is 3.93. The number of rotatable bonds is 8. The van der Waals surface area contributed by atoms with Gasteiger partial charge in [0.1, 0.15) is 17.3 Å². The van der Waals surface area contributed by atoms with Crippen molar-refractivity contribution in [2.75, 3.05) is 5.32 Å². The number of aromatic nitrogens is 3. The second kappa shape index (κ2) is 10.7. The summed E-state index contributed by atoms with van der Waals surface area (Å²) in [5.41, 5.74) is 5.08. The molecule has 0 spiro atoms. The SMILES string of the molecule is CC(C)Cc1nc(-c2ccc(Nc3ccncc3)cc2)cn1-c1ccc(Oc2ccc(Cl)cc2)cc1. The molecule has 0 aliphatic heterocycles. The summed E-state index contributed by atoms with van der Waals surface area (Å²) in [6.45, 7) is 4.42. The zero-order valence-corrected chi connectivity index (χ0v) is 21.0. The Kier molecular flexibility index (Phi) is 7.01. The lowest BCUT2D eigenvalue weighted by atomic mass is 10.1. The molecule has 2 heterocycles. The van der Waals surface area contributed by atoms with Crippen LogP contribution >= 0.6 is 11.6 Å². The summed E-state index contributed by atoms with van der Waals surface area (Å²) >= 11 is 5.97. The molecule has 180 valence electrons. The van der Waals surface area contributed by atoms with Crippen LogP contribution in [0.4, 0.5) is 11.4 Å². The minimum Gasteiger partial charge on any atom is -0.457 e. The molecule has 1 N–H and O–H groups in total. The standard InChI is InChI=1S/C30H27ClN4O/c1-21(2)19-30-34-29(22-3-7-24(8-4-22)33-25-15-17-32-18-16-25)20-35(30)26-9-13-28(14-10-26)36-27-11-5-23(31)6-12-27/h3-18,20-21H,19H2,1-2H3,(H,32,33). The summed E-state index contributed by atoms with van der Waals surface area (Å²) in [5.74, 6) is 3.03. The van der Waals surface area contributed by atoms with E-state index in [2.05, 4.69) is 71.3 Å². The molecule has 0 saturated carbocycles. The Hall–Kier alpha value is -4.09. The lowest BCUT2D eigenvalue weighted by molar-refractivity contribution is 0.482. The van der Waals surface area contributed by atoms with E-state index in [-0.39, 0.29) is 0 Å². The van der Waals surface area contributed by atoms with E-state index in [9.17, 15) is 0 Å². The Labute approximate surface area is 216 Å². The van der Waals surface area contributed by atoms with Gasteiger partial charge in [0.05, 0.1) is 5.69 Å². The van der Waals surface area contributed by atoms with Crippen molar-refractivity contribution in [2.45, 2.75) is 20.3 Å². The van der Waals surface area contributed by atoms with Gasteiger partial charge >= 0.3 is 0 Å². The van der Waals surface area contributed by atoms with Crippen molar-refractivity contribution in [1.82, 2.24) is 14.5 Å². The Morgan fingerprint density at radius 2 is 1.42 bits per heavy atom. The van der Waals surface area contributed by atoms with Crippen LogP contribution in [0, 0.1) is 5.92 Å². The average Bonchev–Trinajstić information content (AvgIpc) is 3.30. The number of nitrogens with one attached hydrogen (secondary N) is 1. The van der Waals surface area contributed by atoms with Crippen LogP contribution in [0.25, 0.3) is 16.9 Å². The van der Waals surface area contributed by atoms with Gasteiger partial charge in [0.2, 0.25) is 0 Å². The van der Waals surface area contributed by atoms with Gasteiger partial charge in [-0.25, -0.2) is 4.98 Å². The van der Waals surface area contributed by atoms with Gasteiger partial charge in [-0.05, 0) is 78.7 Å². The predicted molar refractivity (Wildman–Crippen MR) is 147 cm³/mol. The highest BCUT2D eigenvalue weighted by Crippen LogP contribution is 2.28. The molecule has 5 rings (SSSR count). The molecule has 0 aliphatic carbocycles. The summed E-state index contributed by atoms with van der Waals surface area (Å²) in [7, 11) is 0. The summed E-state index contributed by atoms with van der Waals surface area (Å²) in [6.07, 6.45) is 6.54. The number of benzene rings is 3. The highest BCUT2D eigenvalue weighted by molar-refractivity contribution is 6.30. The van der Waals surface area contributed by atoms with E-state index >= 15 is 0 Å². The summed E-state index contributed by atoms with van der Waals surface area (Å²) < 4.78 is 8.13. The lowest BCUT2D eigenvalue weighted by Crippen LogP contribution is -2.04. The van der Waals surface area contributed by atoms with E-state index in [1.165, 1.54) is 0 Å². The number of pyridine rings is 1. The molecule has 3 aromatic carbocycles. The maximum Gasteiger partial charge on any atom is 0.127 e. The first-order chi connectivity index (χ1) is 17.5. The summed E-state index contributed by atoms with van der Waals surface area (Å²) in [5, 5.41) is 4.08. The van der Waals surface area contributed by atoms with Gasteiger partial charge in [0.25, 0.3) is 0 Å². The normalized spacial score (nSPS) is 11.0. The zero-order chi connectivity index (χ0) is 24.9. The van der Waals surface area contributed by atoms with Crippen molar-refractivity contribution < 1.29 is 4.74 Å². The number of hydrogen-bond acceptors (Lipinski definition) is 4. The molecule has 0 radical (unpaired) electrons. The van der Waals surface area contributed by atoms with E-state index in [1.54, 1.807) is 12.4 Å². The summed E-state index contributed by atoms with van der Waals surface area (Å²) in [4.78, 5) is 9.06. The molecule has 36 heavy (non-hydrogen) atoms. The largest absolute Gasteiger partial charge is 0.457 e. The van der Waals surface area contributed by atoms with Crippen LogP contribution in [0.3, 0.4) is 0 Å². The smallest absolute Gasteiger partial charge is 0.127 e. The number of ether oxygens (including phenoxy) is 1. The highest BCUT2D eigenvalue weighted by atomic mass is 35.5. The van der Waals surface area contributed by atoms with E-state index in [4.69, 9.17) is 21.3 Å². The third kappa shape index (κ3) is 5.75. The number of hydrogen-bond donors (Lipinski definition) is 1. The van der Waals surface area contributed by atoms with Gasteiger partial charge in [-0.2, -0.15) is 0 Å². The number of imidazole rings is 1. The van der Waals surface area contributed by atoms with Gasteiger partial charge in [0.15, 0.2) is 0 Å². The first-order valence-corrected chi connectivity index (χ1v) is 12.3. The third-order valence-corrected chi connectivity index (χ3v) is 5.94. The molecule has 0 unspecified atom stereocenters. The first-order valence-electron chi connectivity index (χ1n) is 11.9. The van der Waals surface area contributed by atoms with Gasteiger partial charge in [0, 0.05) is 52.7 Å². The van der Waals surface area contributed by atoms with Gasteiger partial charge < -0.3 is 14.6 Å². The first kappa shape index (κ1) is 23.6. The van der Waals surface area contributed by atoms with Crippen LogP contribution in [0.2, 0.25) is 5.02 Å². The second-order valence-electron chi connectivity index (χ2n) is 9.00. The highest BCUT2D eigenvalue weighted by Gasteiger charge is 2.13. The molecule has 0 bridgehead atoms. The third-order valence-electron chi connectivity index (χ3n) is 5.68. The van der Waals surface area contributed by atoms with Crippen molar-refractivity contribution in [3.8, 4) is 28.4 Å². The molecular weight excluding hydrogens is 468 g/mol. The topological polar surface area (TPSA) is 52.0 Å². The van der Waals surface area contributed by atoms with E-state index < -0.39 is 0 Å². The van der Waals surface area contributed by atoms with Crippen LogP contribution < -0.4 is 10.1 Å². The monoisotopic (exact) mass is 494 g/mol. The molecule has 0 aliphatic rings. The maximum absolute atomic E-state index is 5.97. The van der Waals surface area contributed by atoms with E-state index in [1.807, 2.05) is 48.5 Å². The van der Waals surface area contributed by atoms with Crippen molar-refractivity contribution in [3.63, 3.8) is 0 Å². The molecule has 0 atom stereocenters. The van der Waals surface area contributed by atoms with Crippen LogP contribution in [-0.2, 0) is 6.42 Å². The number of anilines is 2. The fourth-order valence-corrected chi connectivity index (χ4v) is 4.06. The van der Waals surface area contributed by atoms with Crippen molar-refractivity contribution >= 4 is 23.0 Å². The molecule has 5 aromatic rings. The van der Waals surface area contributed by atoms with Crippen molar-refractivity contribution in [3.05, 3.63) is 114 Å². The van der Waals surface area contributed by atoms with Crippen molar-refractivity contribution in [2.24, 2.45) is 5.92 Å². The van der Waals surface area contributed by atoms with Crippen LogP contribution in [-0.4, -0.2) is 14.5 Å². The minimum absolute atomic E-state index is 0.485. The Balaban J connectivity index is 1.38. The predicted octanol–water partition coefficient (Wildman–Crippen LogP) is 8.32. The van der Waals surface area contributed by atoms with Gasteiger partial charge in [-0.1, -0.05) is 37.6 Å². The number of nitrogens with zero attached hydrogens (tertiary/aromatic N) is 3. The second-order valence-corrected chi connectivity index (χ2v) is 9.43. The molecule has 6 heteroatoms. The molecule has 2 aromatic heterocycles. The Bertz CT molecular complexity index is 1410. The molecule has 0 saturated heterocycles. The van der Waals surface area contributed by atoms with Gasteiger partial charge in [-0.3, -0.25) is 4.98 Å². The van der Waals surface area contributed by atoms with Crippen LogP contribution in [0.1, 0.15) is 19.7 Å². The fraction of sp³-hybridized carbons (Fsp3) is 0.133. The number of halogens is 1. The van der Waals surface area contributed by atoms with Crippen LogP contribution in [0.5, 0.6) is 11.5 Å². The average molecular weight is 495 g/mol. The summed E-state index contributed by atoms with van der Waals surface area (Å²) in [6, 6.07) is 27.6. The quantitative estimate of drug-likeness (QED) is 0.235. The zero-order valence-electron chi connectivity index (χ0n) is 20.2. The molecule has 0 fully saturated rings. The van der Waals surface area contributed by atoms with Gasteiger partial charge in [-0.15, -0.1) is 0 Å². The van der Waals surface area contributed by atoms with Crippen LogP contribution in [0.15, 0.2) is 104 Å². The molecule has 0 amide bonds. The molecule has 5 nitrogen and oxygen atoms in total. The van der Waals surface area contributed by atoms with E-state index in [0.29, 0.717) is 10.9 Å². The minimum atomic E-state index is 0.485. The Morgan fingerprint density at radius 1 is 0.806 bits per heavy atom. The Morgan fingerprint density at radius 3 is 2.06 bits per heavy atom. The van der Waals surface area contributed by atoms with Crippen molar-refractivity contribution in [1.29, 1.82) is 0 Å². The van der Waals surface area contributed by atoms with E-state index in [0.717, 1.165) is 52.1 Å². The molecular formula is C30H27ClN4O. The lowest BCUT2D eigenvalue weighted by Gasteiger charge is -2.11. The maximum atomic E-state index is 5.97.